The Labute approximate surface area is 259 Å². The average molecular weight is 613 g/mol. The summed E-state index contributed by atoms with van der Waals surface area (Å²) < 4.78 is 5.57. The normalized spacial score (nSPS) is 17.3. The minimum atomic E-state index is -1.24. The van der Waals surface area contributed by atoms with E-state index in [1.165, 1.54) is 9.80 Å². The third-order valence-electron chi connectivity index (χ3n) is 7.65. The van der Waals surface area contributed by atoms with Crippen LogP contribution in [0.3, 0.4) is 0 Å². The zero-order valence-corrected chi connectivity index (χ0v) is 24.8. The molecule has 1 amide bonds. The number of benzene rings is 4. The van der Waals surface area contributed by atoms with Crippen molar-refractivity contribution in [2.45, 2.75) is 6.17 Å². The van der Waals surface area contributed by atoms with E-state index in [0.29, 0.717) is 51.5 Å². The van der Waals surface area contributed by atoms with Crippen molar-refractivity contribution in [3.8, 4) is 6.19 Å². The van der Waals surface area contributed by atoms with Gasteiger partial charge in [0.25, 0.3) is 5.91 Å². The van der Waals surface area contributed by atoms with Crippen LogP contribution in [0.2, 0.25) is 10.0 Å². The molecule has 43 heavy (non-hydrogen) atoms. The predicted molar refractivity (Wildman–Crippen MR) is 172 cm³/mol. The average Bonchev–Trinajstić information content (AvgIpc) is 3.12. The molecule has 9 nitrogen and oxygen atoms in total. The Balaban J connectivity index is 1.60. The fourth-order valence-electron chi connectivity index (χ4n) is 5.61. The van der Waals surface area contributed by atoms with Gasteiger partial charge in [0.05, 0.1) is 30.3 Å². The van der Waals surface area contributed by atoms with Crippen LogP contribution in [-0.4, -0.2) is 57.1 Å². The maximum absolute atomic E-state index is 14.3. The molecule has 0 saturated carbocycles. The first-order chi connectivity index (χ1) is 20.9. The molecular weight excluding hydrogens is 585 g/mol. The number of anilines is 3. The second-order valence-corrected chi connectivity index (χ2v) is 10.9. The molecule has 0 spiro atoms. The van der Waals surface area contributed by atoms with Crippen LogP contribution < -0.4 is 20.4 Å². The van der Waals surface area contributed by atoms with Crippen molar-refractivity contribution in [1.82, 2.24) is 0 Å². The number of nitrogens with zero attached hydrogens (tertiary/aromatic N) is 6. The summed E-state index contributed by atoms with van der Waals surface area (Å²) >= 11 is 13.1. The summed E-state index contributed by atoms with van der Waals surface area (Å²) in [6, 6.07) is 24.3. The van der Waals surface area contributed by atoms with Gasteiger partial charge >= 0.3 is 0 Å². The molecule has 2 N–H and O–H groups in total. The number of carbonyl (C=O) groups excluding carboxylic acids is 1. The number of fused-ring (bicyclic) bond motifs is 2. The van der Waals surface area contributed by atoms with Gasteiger partial charge in [0.1, 0.15) is 0 Å². The molecule has 0 radical (unpaired) electrons. The number of benzodiazepines with no additional fused rings is 1. The third kappa shape index (κ3) is 5.25. The van der Waals surface area contributed by atoms with Crippen molar-refractivity contribution in [2.75, 3.05) is 48.1 Å². The highest BCUT2D eigenvalue weighted by molar-refractivity contribution is 6.37. The fourth-order valence-corrected chi connectivity index (χ4v) is 6.01. The Morgan fingerprint density at radius 1 is 1.00 bits per heavy atom. The molecule has 1 unspecified atom stereocenters. The predicted octanol–water partition coefficient (Wildman–Crippen LogP) is 5.43. The van der Waals surface area contributed by atoms with E-state index in [1.807, 2.05) is 54.6 Å². The second-order valence-electron chi connectivity index (χ2n) is 10.1. The molecule has 216 valence electrons. The standard InChI is InChI=1S/C32H27Cl2N7O2/c1-39-26-11-10-20(33)18-24(26)29(23-8-4-5-9-25(23)34)38-30(31(39)42)41(32(36)37-19-35)28-13-12-27(40-14-16-43-17-15-40)21-6-2-3-7-22(21)28/h2-13,18,30H,14-17H2,1H3,(H2,36,37). The number of guanidine groups is 1. The maximum Gasteiger partial charge on any atom is 0.272 e. The molecule has 1 saturated heterocycles. The summed E-state index contributed by atoms with van der Waals surface area (Å²) in [6.07, 6.45) is 0.535. The van der Waals surface area contributed by atoms with Gasteiger partial charge in [0.2, 0.25) is 18.3 Å². The molecule has 4 aromatic carbocycles. The lowest BCUT2D eigenvalue weighted by Gasteiger charge is -2.33. The third-order valence-corrected chi connectivity index (χ3v) is 8.22. The summed E-state index contributed by atoms with van der Waals surface area (Å²) in [7, 11) is 1.67. The van der Waals surface area contributed by atoms with Gasteiger partial charge in [-0.2, -0.15) is 5.26 Å². The summed E-state index contributed by atoms with van der Waals surface area (Å²) in [5.41, 5.74) is 10.4. The Bertz CT molecular complexity index is 1830. The maximum atomic E-state index is 14.3. The van der Waals surface area contributed by atoms with Crippen LogP contribution >= 0.6 is 23.2 Å². The van der Waals surface area contributed by atoms with Gasteiger partial charge in [0.15, 0.2) is 0 Å². The topological polar surface area (TPSA) is 111 Å². The Kier molecular flexibility index (Phi) is 7.91. The first kappa shape index (κ1) is 28.5. The van der Waals surface area contributed by atoms with Crippen molar-refractivity contribution in [1.29, 1.82) is 5.26 Å². The molecular formula is C32H27Cl2N7O2. The molecule has 2 aliphatic heterocycles. The van der Waals surface area contributed by atoms with E-state index < -0.39 is 6.17 Å². The molecule has 0 aromatic heterocycles. The van der Waals surface area contributed by atoms with Gasteiger partial charge in [-0.1, -0.05) is 65.7 Å². The van der Waals surface area contributed by atoms with Gasteiger partial charge in [-0.25, -0.2) is 4.99 Å². The summed E-state index contributed by atoms with van der Waals surface area (Å²) in [6.45, 7) is 2.78. The van der Waals surface area contributed by atoms with Gasteiger partial charge in [0, 0.05) is 57.8 Å². The first-order valence-corrected chi connectivity index (χ1v) is 14.4. The minimum absolute atomic E-state index is 0.176. The fraction of sp³-hybridized carbons (Fsp3) is 0.188. The quantitative estimate of drug-likeness (QED) is 0.187. The van der Waals surface area contributed by atoms with E-state index in [1.54, 1.807) is 37.5 Å². The number of aliphatic imine (C=N–C) groups is 2. The number of ether oxygens (including phenoxy) is 1. The number of hydrogen-bond donors (Lipinski definition) is 1. The second kappa shape index (κ2) is 11.9. The molecule has 11 heteroatoms. The zero-order valence-electron chi connectivity index (χ0n) is 23.2. The van der Waals surface area contributed by atoms with Crippen molar-refractivity contribution < 1.29 is 9.53 Å². The highest BCUT2D eigenvalue weighted by atomic mass is 35.5. The number of hydrogen-bond acceptors (Lipinski definition) is 6. The summed E-state index contributed by atoms with van der Waals surface area (Å²) in [5, 5.41) is 12.2. The molecule has 0 aliphatic carbocycles. The first-order valence-electron chi connectivity index (χ1n) is 13.6. The van der Waals surface area contributed by atoms with Crippen LogP contribution in [0.4, 0.5) is 17.1 Å². The van der Waals surface area contributed by atoms with E-state index in [2.05, 4.69) is 9.89 Å². The number of rotatable bonds is 4. The van der Waals surface area contributed by atoms with E-state index in [0.717, 1.165) is 29.5 Å². The van der Waals surface area contributed by atoms with Crippen LogP contribution in [0.1, 0.15) is 11.1 Å². The van der Waals surface area contributed by atoms with E-state index in [4.69, 9.17) is 38.7 Å². The lowest BCUT2D eigenvalue weighted by molar-refractivity contribution is -0.119. The smallest absolute Gasteiger partial charge is 0.272 e. The summed E-state index contributed by atoms with van der Waals surface area (Å²) in [4.78, 5) is 28.5. The lowest BCUT2D eigenvalue weighted by atomic mass is 10.00. The number of morpholine rings is 1. The number of carbonyl (C=O) groups is 1. The van der Waals surface area contributed by atoms with Crippen LogP contribution in [0.15, 0.2) is 88.8 Å². The van der Waals surface area contributed by atoms with Gasteiger partial charge in [-0.05, 0) is 36.4 Å². The van der Waals surface area contributed by atoms with Gasteiger partial charge in [-0.3, -0.25) is 9.69 Å². The van der Waals surface area contributed by atoms with E-state index in [9.17, 15) is 10.1 Å². The number of nitriles is 1. The van der Waals surface area contributed by atoms with Crippen LogP contribution in [0.5, 0.6) is 0 Å². The molecule has 6 rings (SSSR count). The lowest BCUT2D eigenvalue weighted by Crippen LogP contribution is -2.52. The summed E-state index contributed by atoms with van der Waals surface area (Å²) in [5.74, 6) is -0.562. The molecule has 4 aromatic rings. The molecule has 2 aliphatic rings. The van der Waals surface area contributed by atoms with Crippen molar-refractivity contribution in [3.05, 3.63) is 100 Å². The van der Waals surface area contributed by atoms with Crippen molar-refractivity contribution >= 4 is 68.6 Å². The van der Waals surface area contributed by atoms with E-state index >= 15 is 0 Å². The van der Waals surface area contributed by atoms with Crippen LogP contribution in [-0.2, 0) is 9.53 Å². The van der Waals surface area contributed by atoms with Crippen molar-refractivity contribution in [3.63, 3.8) is 0 Å². The number of nitrogens with two attached hydrogens (primary N) is 1. The number of halogens is 2. The number of amides is 1. The zero-order chi connectivity index (χ0) is 30.1. The van der Waals surface area contributed by atoms with Crippen molar-refractivity contribution in [2.24, 2.45) is 15.7 Å². The Morgan fingerprint density at radius 2 is 1.70 bits per heavy atom. The Morgan fingerprint density at radius 3 is 2.44 bits per heavy atom. The van der Waals surface area contributed by atoms with Gasteiger partial charge < -0.3 is 20.3 Å². The SMILES string of the molecule is CN1C(=O)C(N(C(N)=NC#N)c2ccc(N3CCOCC3)c3ccccc23)N=C(c2ccccc2Cl)c2cc(Cl)ccc21. The highest BCUT2D eigenvalue weighted by Gasteiger charge is 2.37. The Hall–Kier alpha value is -4.62. The molecule has 2 heterocycles. The van der Waals surface area contributed by atoms with Crippen LogP contribution in [0.25, 0.3) is 10.8 Å². The molecule has 0 bridgehead atoms. The minimum Gasteiger partial charge on any atom is -0.378 e. The van der Waals surface area contributed by atoms with E-state index in [-0.39, 0.29) is 11.9 Å². The van der Waals surface area contributed by atoms with Crippen LogP contribution in [0, 0.1) is 11.5 Å². The monoisotopic (exact) mass is 611 g/mol. The molecule has 1 atom stereocenters. The molecule has 1 fully saturated rings. The van der Waals surface area contributed by atoms with Gasteiger partial charge in [-0.15, -0.1) is 4.99 Å². The highest BCUT2D eigenvalue weighted by Crippen LogP contribution is 2.38. The number of likely N-dealkylation sites (N-methyl/N-ethyl adjacent to an activating group) is 1. The largest absolute Gasteiger partial charge is 0.378 e.